The van der Waals surface area contributed by atoms with E-state index in [1.165, 1.54) is 4.57 Å². The summed E-state index contributed by atoms with van der Waals surface area (Å²) in [7, 11) is 0. The Kier molecular flexibility index (Phi) is 1.60. The molecule has 5 aromatic carbocycles. The molecule has 0 saturated carbocycles. The lowest BCUT2D eigenvalue weighted by atomic mass is 10.0. The van der Waals surface area contributed by atoms with Crippen molar-refractivity contribution in [2.24, 2.45) is 0 Å². The van der Waals surface area contributed by atoms with Crippen LogP contribution < -0.4 is 0 Å². The van der Waals surface area contributed by atoms with Crippen LogP contribution in [-0.2, 0) is 0 Å². The molecule has 0 spiro atoms. The number of para-hydroxylation sites is 2. The zero-order chi connectivity index (χ0) is 30.1. The third-order valence-electron chi connectivity index (χ3n) is 5.36. The Morgan fingerprint density at radius 1 is 0.633 bits per heavy atom. The maximum atomic E-state index is 9.43. The number of nitrogens with zero attached hydrogens (tertiary/aromatic N) is 1. The summed E-state index contributed by atoms with van der Waals surface area (Å²) in [5.41, 5.74) is 0.807. The first-order chi connectivity index (χ1) is 19.9. The van der Waals surface area contributed by atoms with E-state index in [1.54, 1.807) is 30.3 Å². The Balaban J connectivity index is 1.91. The average molecular weight is 395 g/mol. The van der Waals surface area contributed by atoms with E-state index in [1.807, 2.05) is 0 Å². The quantitative estimate of drug-likeness (QED) is 0.296. The van der Waals surface area contributed by atoms with Crippen LogP contribution in [0.25, 0.3) is 60.1 Å². The molecule has 0 amide bonds. The molecule has 2 heteroatoms. The first-order valence-corrected chi connectivity index (χ1v) is 9.33. The lowest BCUT2D eigenvalue weighted by Crippen LogP contribution is -1.93. The predicted octanol–water partition coefficient (Wildman–Crippen LogP) is 7.57. The predicted molar refractivity (Wildman–Crippen MR) is 128 cm³/mol. The number of hydrogen-bond acceptors (Lipinski definition) is 0. The Hall–Kier alpha value is -4.04. The standard InChI is InChI=1S/C28H18N2/c1-2-9-19(10-3-1)30-26-15-14-18-8-4-5-11-20(18)28(26)23-16-22-21-12-6-7-13-24(21)29-25(22)17-27(23)30/h1-17,29H/i4D,5D,6D,7D,8D,11D,12D,13D,14D,15D,16D,17D. The number of aromatic nitrogens is 2. The molecule has 30 heavy (non-hydrogen) atoms. The minimum Gasteiger partial charge on any atom is -0.354 e. The van der Waals surface area contributed by atoms with Gasteiger partial charge in [0.05, 0.1) is 27.5 Å². The second-order valence-corrected chi connectivity index (χ2v) is 6.99. The van der Waals surface area contributed by atoms with Gasteiger partial charge < -0.3 is 9.55 Å². The van der Waals surface area contributed by atoms with Gasteiger partial charge in [-0.25, -0.2) is 0 Å². The van der Waals surface area contributed by atoms with Crippen LogP contribution in [0.3, 0.4) is 0 Å². The van der Waals surface area contributed by atoms with Crippen molar-refractivity contribution in [3.8, 4) is 5.69 Å². The third kappa shape index (κ3) is 2.03. The minimum absolute atomic E-state index is 0.0198. The van der Waals surface area contributed by atoms with Gasteiger partial charge in [-0.15, -0.1) is 0 Å². The van der Waals surface area contributed by atoms with Crippen molar-refractivity contribution in [3.63, 3.8) is 0 Å². The van der Waals surface area contributed by atoms with Crippen LogP contribution in [0.1, 0.15) is 16.4 Å². The SMILES string of the molecule is [2H]c1c([2H])c([2H])c2c([nH]c3c([2H])c4c(c([2H])c32)c2c3c([2H])c([2H])c([2H])c([2H])c3c([2H])c([2H])c2n4-c2ccccc2)c1[2H]. The number of rotatable bonds is 1. The number of nitrogens with one attached hydrogen (secondary N) is 1. The van der Waals surface area contributed by atoms with Crippen molar-refractivity contribution in [1.29, 1.82) is 0 Å². The molecule has 7 rings (SSSR count). The molecule has 0 atom stereocenters. The van der Waals surface area contributed by atoms with E-state index in [9.17, 15) is 2.74 Å². The molecule has 0 aliphatic heterocycles. The van der Waals surface area contributed by atoms with E-state index in [4.69, 9.17) is 13.7 Å². The zero-order valence-electron chi connectivity index (χ0n) is 27.3. The lowest BCUT2D eigenvalue weighted by Gasteiger charge is -2.08. The van der Waals surface area contributed by atoms with Crippen LogP contribution in [0.15, 0.2) is 103 Å². The number of hydrogen-bond donors (Lipinski definition) is 1. The van der Waals surface area contributed by atoms with Gasteiger partial charge in [0.15, 0.2) is 0 Å². The van der Waals surface area contributed by atoms with Crippen molar-refractivity contribution in [3.05, 3.63) is 103 Å². The van der Waals surface area contributed by atoms with Crippen LogP contribution in [0.4, 0.5) is 0 Å². The molecule has 2 nitrogen and oxygen atoms in total. The largest absolute Gasteiger partial charge is 0.354 e. The highest BCUT2D eigenvalue weighted by Crippen LogP contribution is 2.39. The van der Waals surface area contributed by atoms with Gasteiger partial charge in [-0.2, -0.15) is 0 Å². The Bertz CT molecular complexity index is 2370. The van der Waals surface area contributed by atoms with Crippen molar-refractivity contribution in [2.45, 2.75) is 0 Å². The number of fused-ring (bicyclic) bond motifs is 8. The van der Waals surface area contributed by atoms with Crippen LogP contribution in [-0.4, -0.2) is 9.55 Å². The van der Waals surface area contributed by atoms with Crippen LogP contribution in [0.5, 0.6) is 0 Å². The summed E-state index contributed by atoms with van der Waals surface area (Å²) in [6.45, 7) is 0. The maximum Gasteiger partial charge on any atom is 0.0667 e. The highest BCUT2D eigenvalue weighted by molar-refractivity contribution is 6.24. The van der Waals surface area contributed by atoms with Crippen LogP contribution in [0.2, 0.25) is 0 Å². The smallest absolute Gasteiger partial charge is 0.0667 e. The number of H-pyrrole nitrogens is 1. The van der Waals surface area contributed by atoms with Gasteiger partial charge >= 0.3 is 0 Å². The van der Waals surface area contributed by atoms with Crippen molar-refractivity contribution in [1.82, 2.24) is 9.55 Å². The van der Waals surface area contributed by atoms with Gasteiger partial charge in [0.25, 0.3) is 0 Å². The molecular weight excluding hydrogens is 364 g/mol. The molecule has 0 aliphatic carbocycles. The third-order valence-corrected chi connectivity index (χ3v) is 5.36. The summed E-state index contributed by atoms with van der Waals surface area (Å²) in [5.74, 6) is 0. The van der Waals surface area contributed by atoms with Gasteiger partial charge in [0.1, 0.15) is 0 Å². The highest BCUT2D eigenvalue weighted by Gasteiger charge is 2.16. The summed E-state index contributed by atoms with van der Waals surface area (Å²) in [4.78, 5) is 2.94. The van der Waals surface area contributed by atoms with E-state index in [0.29, 0.717) is 5.69 Å². The summed E-state index contributed by atoms with van der Waals surface area (Å²) in [6, 6.07) is 3.72. The van der Waals surface area contributed by atoms with Crippen molar-refractivity contribution >= 4 is 54.4 Å². The summed E-state index contributed by atoms with van der Waals surface area (Å²) >= 11 is 0. The molecule has 1 N–H and O–H groups in total. The molecule has 0 saturated heterocycles. The molecule has 0 bridgehead atoms. The first kappa shape index (κ1) is 8.37. The molecule has 0 fully saturated rings. The van der Waals surface area contributed by atoms with Gasteiger partial charge in [-0.05, 0) is 47.1 Å². The van der Waals surface area contributed by atoms with Gasteiger partial charge in [0.2, 0.25) is 0 Å². The topological polar surface area (TPSA) is 20.7 Å². The van der Waals surface area contributed by atoms with Crippen LogP contribution >= 0.6 is 0 Å². The molecule has 0 aliphatic rings. The number of aromatic amines is 1. The zero-order valence-corrected chi connectivity index (χ0v) is 15.3. The van der Waals surface area contributed by atoms with E-state index < -0.39 is 48.3 Å². The molecule has 7 aromatic rings. The minimum atomic E-state index is -0.561. The fraction of sp³-hybridized carbons (Fsp3) is 0. The Morgan fingerprint density at radius 3 is 2.33 bits per heavy atom. The Morgan fingerprint density at radius 2 is 1.43 bits per heavy atom. The summed E-state index contributed by atoms with van der Waals surface area (Å²) in [5, 5.41) is -0.0118. The fourth-order valence-corrected chi connectivity index (χ4v) is 4.09. The second-order valence-electron chi connectivity index (χ2n) is 6.99. The van der Waals surface area contributed by atoms with E-state index >= 15 is 0 Å². The molecule has 2 heterocycles. The fourth-order valence-electron chi connectivity index (χ4n) is 4.09. The maximum absolute atomic E-state index is 9.43. The lowest BCUT2D eigenvalue weighted by molar-refractivity contribution is 1.18. The summed E-state index contributed by atoms with van der Waals surface area (Å²) in [6.07, 6.45) is 0. The first-order valence-electron chi connectivity index (χ1n) is 15.3. The van der Waals surface area contributed by atoms with Gasteiger partial charge in [0, 0.05) is 38.3 Å². The van der Waals surface area contributed by atoms with Gasteiger partial charge in [-0.1, -0.05) is 66.5 Å². The molecule has 140 valence electrons. The van der Waals surface area contributed by atoms with E-state index in [0.717, 1.165) is 0 Å². The van der Waals surface area contributed by atoms with Gasteiger partial charge in [-0.3, -0.25) is 0 Å². The van der Waals surface area contributed by atoms with E-state index in [-0.39, 0.29) is 78.6 Å². The monoisotopic (exact) mass is 394 g/mol. The van der Waals surface area contributed by atoms with Crippen molar-refractivity contribution < 1.29 is 16.4 Å². The molecule has 2 aromatic heterocycles. The van der Waals surface area contributed by atoms with Crippen LogP contribution in [0, 0.1) is 0 Å². The average Bonchev–Trinajstić information content (AvgIpc) is 3.56. The second kappa shape index (κ2) is 5.74. The molecule has 0 unspecified atom stereocenters. The molecular formula is C28H18N2. The van der Waals surface area contributed by atoms with E-state index in [2.05, 4.69) is 4.98 Å². The highest BCUT2D eigenvalue weighted by atomic mass is 15.0. The summed E-state index contributed by atoms with van der Waals surface area (Å²) < 4.78 is 105. The normalized spacial score (nSPS) is 17.6. The molecule has 0 radical (unpaired) electrons. The number of benzene rings is 5. The Labute approximate surface area is 189 Å². The van der Waals surface area contributed by atoms with Crippen molar-refractivity contribution in [2.75, 3.05) is 0 Å².